The molecule has 0 aromatic heterocycles. The quantitative estimate of drug-likeness (QED) is 0.523. The van der Waals surface area contributed by atoms with Crippen molar-refractivity contribution in [3.8, 4) is 0 Å². The van der Waals surface area contributed by atoms with E-state index >= 15 is 0 Å². The topological polar surface area (TPSA) is 105 Å². The fraction of sp³-hybridized carbons (Fsp3) is 0.200. The summed E-state index contributed by atoms with van der Waals surface area (Å²) >= 11 is 3.33. The van der Waals surface area contributed by atoms with E-state index in [1.165, 1.54) is 4.90 Å². The molecule has 1 heterocycles. The Morgan fingerprint density at radius 1 is 1.03 bits per heavy atom. The van der Waals surface area contributed by atoms with Gasteiger partial charge in [0.05, 0.1) is 5.92 Å². The third kappa shape index (κ3) is 5.41. The molecule has 3 rings (SSSR count). The average Bonchev–Trinajstić information content (AvgIpc) is 3.13. The van der Waals surface area contributed by atoms with Crippen molar-refractivity contribution >= 4 is 45.3 Å². The second kappa shape index (κ2) is 9.33. The van der Waals surface area contributed by atoms with E-state index in [1.54, 1.807) is 42.5 Å². The molecule has 3 amide bonds. The summed E-state index contributed by atoms with van der Waals surface area (Å²) < 4.78 is 5.87. The molecule has 1 saturated heterocycles. The second-order valence-electron chi connectivity index (χ2n) is 6.36. The molecule has 150 valence electrons. The predicted molar refractivity (Wildman–Crippen MR) is 108 cm³/mol. The number of hydrogen-bond acceptors (Lipinski definition) is 5. The van der Waals surface area contributed by atoms with Crippen LogP contribution < -0.4 is 15.8 Å². The van der Waals surface area contributed by atoms with Gasteiger partial charge in [-0.25, -0.2) is 0 Å². The van der Waals surface area contributed by atoms with Gasteiger partial charge >= 0.3 is 5.97 Å². The number of amides is 3. The number of nitrogens with one attached hydrogen (secondary N) is 2. The maximum atomic E-state index is 12.2. The molecule has 2 N–H and O–H groups in total. The third-order valence-corrected chi connectivity index (χ3v) is 4.82. The monoisotopic (exact) mass is 459 g/mol. The molecule has 0 unspecified atom stereocenters. The number of esters is 1. The van der Waals surface area contributed by atoms with E-state index in [0.29, 0.717) is 11.3 Å². The van der Waals surface area contributed by atoms with Crippen molar-refractivity contribution < 1.29 is 23.9 Å². The van der Waals surface area contributed by atoms with Crippen molar-refractivity contribution in [2.45, 2.75) is 6.42 Å². The van der Waals surface area contributed by atoms with E-state index in [2.05, 4.69) is 26.8 Å². The summed E-state index contributed by atoms with van der Waals surface area (Å²) in [6.45, 7) is -0.372. The molecule has 9 heteroatoms. The first-order valence-electron chi connectivity index (χ1n) is 8.81. The minimum atomic E-state index is -0.684. The van der Waals surface area contributed by atoms with Crippen LogP contribution in [0.15, 0.2) is 59.1 Å². The minimum Gasteiger partial charge on any atom is -0.455 e. The molecule has 0 radical (unpaired) electrons. The summed E-state index contributed by atoms with van der Waals surface area (Å²) in [5, 5.41) is 0. The minimum absolute atomic E-state index is 0.0151. The summed E-state index contributed by atoms with van der Waals surface area (Å²) in [4.78, 5) is 49.6. The van der Waals surface area contributed by atoms with Crippen LogP contribution in [0.25, 0.3) is 0 Å². The summed E-state index contributed by atoms with van der Waals surface area (Å²) in [6, 6.07) is 15.5. The standard InChI is InChI=1S/C20H18BrN3O5/c21-15-6-8-16(9-7-15)24-11-14(10-18(24)26)20(28)29-12-17(25)22-23-19(27)13-4-2-1-3-5-13/h1-9,14H,10-12H2,(H,22,25)(H,23,27)/t14-/m1/s1. The zero-order chi connectivity index (χ0) is 20.8. The van der Waals surface area contributed by atoms with Gasteiger partial charge in [0.2, 0.25) is 5.91 Å². The lowest BCUT2D eigenvalue weighted by Gasteiger charge is -2.16. The Hall–Kier alpha value is -3.20. The number of rotatable bonds is 5. The van der Waals surface area contributed by atoms with Crippen molar-refractivity contribution in [2.24, 2.45) is 5.92 Å². The number of carbonyl (C=O) groups excluding carboxylic acids is 4. The molecule has 2 aromatic carbocycles. The van der Waals surface area contributed by atoms with Gasteiger partial charge in [-0.2, -0.15) is 0 Å². The molecule has 0 saturated carbocycles. The molecule has 0 bridgehead atoms. The number of hydrazine groups is 1. The highest BCUT2D eigenvalue weighted by atomic mass is 79.9. The fourth-order valence-corrected chi connectivity index (χ4v) is 3.08. The van der Waals surface area contributed by atoms with E-state index in [0.717, 1.165) is 4.47 Å². The van der Waals surface area contributed by atoms with Crippen molar-refractivity contribution in [1.82, 2.24) is 10.9 Å². The summed E-state index contributed by atoms with van der Waals surface area (Å²) in [5.74, 6) is -2.65. The van der Waals surface area contributed by atoms with Crippen LogP contribution in [0.3, 0.4) is 0 Å². The first-order chi connectivity index (χ1) is 13.9. The van der Waals surface area contributed by atoms with Crippen LogP contribution in [-0.4, -0.2) is 36.8 Å². The second-order valence-corrected chi connectivity index (χ2v) is 7.27. The predicted octanol–water partition coefficient (Wildman–Crippen LogP) is 1.81. The molecule has 0 aliphatic carbocycles. The van der Waals surface area contributed by atoms with E-state index in [-0.39, 0.29) is 18.9 Å². The molecule has 1 fully saturated rings. The van der Waals surface area contributed by atoms with Gasteiger partial charge in [0.15, 0.2) is 6.61 Å². The Labute approximate surface area is 175 Å². The lowest BCUT2D eigenvalue weighted by Crippen LogP contribution is -2.43. The van der Waals surface area contributed by atoms with Gasteiger partial charge < -0.3 is 9.64 Å². The Morgan fingerprint density at radius 2 is 1.72 bits per heavy atom. The van der Waals surface area contributed by atoms with Crippen LogP contribution in [0, 0.1) is 5.92 Å². The van der Waals surface area contributed by atoms with E-state index < -0.39 is 30.3 Å². The van der Waals surface area contributed by atoms with Crippen LogP contribution in [0.4, 0.5) is 5.69 Å². The maximum absolute atomic E-state index is 12.2. The van der Waals surface area contributed by atoms with Gasteiger partial charge in [0.1, 0.15) is 0 Å². The summed E-state index contributed by atoms with van der Waals surface area (Å²) in [7, 11) is 0. The first-order valence-corrected chi connectivity index (χ1v) is 9.60. The van der Waals surface area contributed by atoms with Gasteiger partial charge in [0.25, 0.3) is 11.8 Å². The number of nitrogens with zero attached hydrogens (tertiary/aromatic N) is 1. The Morgan fingerprint density at radius 3 is 2.41 bits per heavy atom. The zero-order valence-corrected chi connectivity index (χ0v) is 16.8. The van der Waals surface area contributed by atoms with E-state index in [1.807, 2.05) is 12.1 Å². The van der Waals surface area contributed by atoms with Crippen molar-refractivity contribution in [2.75, 3.05) is 18.1 Å². The first kappa shape index (κ1) is 20.5. The molecule has 1 aliphatic heterocycles. The molecule has 1 atom stereocenters. The maximum Gasteiger partial charge on any atom is 0.311 e. The van der Waals surface area contributed by atoms with Gasteiger partial charge in [-0.3, -0.25) is 30.0 Å². The van der Waals surface area contributed by atoms with Crippen molar-refractivity contribution in [3.63, 3.8) is 0 Å². The highest BCUT2D eigenvalue weighted by Gasteiger charge is 2.36. The molecule has 8 nitrogen and oxygen atoms in total. The smallest absolute Gasteiger partial charge is 0.311 e. The highest BCUT2D eigenvalue weighted by Crippen LogP contribution is 2.27. The van der Waals surface area contributed by atoms with Crippen LogP contribution in [0.5, 0.6) is 0 Å². The van der Waals surface area contributed by atoms with Crippen LogP contribution in [0.2, 0.25) is 0 Å². The Balaban J connectivity index is 1.44. The van der Waals surface area contributed by atoms with Gasteiger partial charge in [0, 0.05) is 28.7 Å². The molecule has 2 aromatic rings. The highest BCUT2D eigenvalue weighted by molar-refractivity contribution is 9.10. The van der Waals surface area contributed by atoms with Crippen LogP contribution >= 0.6 is 15.9 Å². The lowest BCUT2D eigenvalue weighted by atomic mass is 10.1. The lowest BCUT2D eigenvalue weighted by molar-refractivity contribution is -0.152. The average molecular weight is 460 g/mol. The molecule has 29 heavy (non-hydrogen) atoms. The molecular weight excluding hydrogens is 442 g/mol. The van der Waals surface area contributed by atoms with Crippen LogP contribution in [-0.2, 0) is 19.1 Å². The SMILES string of the molecule is O=C(COC(=O)[C@@H]1CC(=O)N(c2ccc(Br)cc2)C1)NNC(=O)c1ccccc1. The number of benzene rings is 2. The summed E-state index contributed by atoms with van der Waals surface area (Å²) in [6.07, 6.45) is 0.0151. The van der Waals surface area contributed by atoms with Crippen LogP contribution in [0.1, 0.15) is 16.8 Å². The number of carbonyl (C=O) groups is 4. The fourth-order valence-electron chi connectivity index (χ4n) is 2.81. The van der Waals surface area contributed by atoms with E-state index in [9.17, 15) is 19.2 Å². The number of halogens is 1. The van der Waals surface area contributed by atoms with Crippen molar-refractivity contribution in [3.05, 3.63) is 64.6 Å². The zero-order valence-electron chi connectivity index (χ0n) is 15.3. The normalized spacial score (nSPS) is 15.7. The molecular formula is C20H18BrN3O5. The number of anilines is 1. The van der Waals surface area contributed by atoms with Gasteiger partial charge in [-0.1, -0.05) is 34.1 Å². The summed E-state index contributed by atoms with van der Waals surface area (Å²) in [5.41, 5.74) is 5.48. The Bertz CT molecular complexity index is 917. The number of ether oxygens (including phenoxy) is 1. The molecule has 0 spiro atoms. The van der Waals surface area contributed by atoms with E-state index in [4.69, 9.17) is 4.74 Å². The molecule has 1 aliphatic rings. The van der Waals surface area contributed by atoms with Gasteiger partial charge in [-0.05, 0) is 36.4 Å². The van der Waals surface area contributed by atoms with Crippen molar-refractivity contribution in [1.29, 1.82) is 0 Å². The van der Waals surface area contributed by atoms with Gasteiger partial charge in [-0.15, -0.1) is 0 Å². The largest absolute Gasteiger partial charge is 0.455 e. The third-order valence-electron chi connectivity index (χ3n) is 4.29. The Kier molecular flexibility index (Phi) is 6.61. The number of hydrogen-bond donors (Lipinski definition) is 2.